The van der Waals surface area contributed by atoms with Crippen LogP contribution in [0.25, 0.3) is 11.0 Å². The van der Waals surface area contributed by atoms with Gasteiger partial charge in [0.25, 0.3) is 0 Å². The topological polar surface area (TPSA) is 69.6 Å². The van der Waals surface area contributed by atoms with E-state index in [1.54, 1.807) is 23.7 Å². The Hall–Kier alpha value is -1.66. The van der Waals surface area contributed by atoms with Crippen LogP contribution >= 0.6 is 22.9 Å². The monoisotopic (exact) mass is 279 g/mol. The largest absolute Gasteiger partial charge is 0.369 e. The summed E-state index contributed by atoms with van der Waals surface area (Å²) in [5, 5.41) is 3.58. The van der Waals surface area contributed by atoms with Crippen molar-refractivity contribution in [2.75, 3.05) is 5.73 Å². The van der Waals surface area contributed by atoms with Crippen LogP contribution in [-0.2, 0) is 6.54 Å². The molecule has 2 N–H and O–H groups in total. The number of halogens is 1. The van der Waals surface area contributed by atoms with Crippen molar-refractivity contribution in [2.45, 2.75) is 13.5 Å². The van der Waals surface area contributed by atoms with Crippen molar-refractivity contribution in [1.82, 2.24) is 19.5 Å². The van der Waals surface area contributed by atoms with Crippen LogP contribution < -0.4 is 5.73 Å². The lowest BCUT2D eigenvalue weighted by Gasteiger charge is -2.04. The molecule has 7 heteroatoms. The van der Waals surface area contributed by atoms with Gasteiger partial charge < -0.3 is 10.3 Å². The van der Waals surface area contributed by atoms with E-state index in [-0.39, 0.29) is 0 Å². The normalized spacial score (nSPS) is 11.2. The molecule has 5 nitrogen and oxygen atoms in total. The van der Waals surface area contributed by atoms with Gasteiger partial charge in [-0.2, -0.15) is 0 Å². The first-order valence-electron chi connectivity index (χ1n) is 5.31. The van der Waals surface area contributed by atoms with Crippen molar-refractivity contribution >= 4 is 39.9 Å². The smallest absolute Gasteiger partial charge is 0.201 e. The summed E-state index contributed by atoms with van der Waals surface area (Å²) >= 11 is 7.76. The number of pyridine rings is 1. The molecule has 0 unspecified atom stereocenters. The van der Waals surface area contributed by atoms with Gasteiger partial charge in [-0.25, -0.2) is 9.97 Å². The second kappa shape index (κ2) is 4.22. The standard InChI is InChI=1S/C11H10ClN5S/c1-6-15-7(5-18-6)4-17-10-8(12)2-14-3-9(10)16-11(17)13/h2-3,5H,4H2,1H3,(H2,13,16). The number of anilines is 1. The van der Waals surface area contributed by atoms with Crippen LogP contribution in [0.3, 0.4) is 0 Å². The van der Waals surface area contributed by atoms with Crippen molar-refractivity contribution < 1.29 is 0 Å². The van der Waals surface area contributed by atoms with Gasteiger partial charge in [0.05, 0.1) is 34.0 Å². The molecule has 0 aromatic carbocycles. The minimum atomic E-state index is 0.422. The van der Waals surface area contributed by atoms with Gasteiger partial charge in [0, 0.05) is 11.6 Å². The Labute approximate surface area is 112 Å². The molecule has 92 valence electrons. The number of rotatable bonds is 2. The lowest BCUT2D eigenvalue weighted by atomic mass is 10.4. The zero-order valence-corrected chi connectivity index (χ0v) is 11.2. The van der Waals surface area contributed by atoms with Crippen molar-refractivity contribution in [3.8, 4) is 0 Å². The second-order valence-corrected chi connectivity index (χ2v) is 5.37. The van der Waals surface area contributed by atoms with Gasteiger partial charge in [-0.1, -0.05) is 11.6 Å². The fourth-order valence-corrected chi connectivity index (χ4v) is 2.73. The summed E-state index contributed by atoms with van der Waals surface area (Å²) < 4.78 is 1.86. The van der Waals surface area contributed by atoms with E-state index >= 15 is 0 Å². The summed E-state index contributed by atoms with van der Waals surface area (Å²) in [5.41, 5.74) is 8.37. The molecule has 18 heavy (non-hydrogen) atoms. The van der Waals surface area contributed by atoms with Gasteiger partial charge in [-0.3, -0.25) is 4.98 Å². The summed E-state index contributed by atoms with van der Waals surface area (Å²) in [6, 6.07) is 0. The van der Waals surface area contributed by atoms with Gasteiger partial charge in [-0.05, 0) is 6.92 Å². The molecular weight excluding hydrogens is 270 g/mol. The first kappa shape index (κ1) is 11.4. The van der Waals surface area contributed by atoms with Crippen LogP contribution in [0.2, 0.25) is 5.02 Å². The fourth-order valence-electron chi connectivity index (χ4n) is 1.87. The highest BCUT2D eigenvalue weighted by Crippen LogP contribution is 2.25. The first-order chi connectivity index (χ1) is 8.65. The van der Waals surface area contributed by atoms with Crippen molar-refractivity contribution in [3.63, 3.8) is 0 Å². The van der Waals surface area contributed by atoms with E-state index in [0.29, 0.717) is 23.0 Å². The molecule has 0 aliphatic rings. The number of aromatic nitrogens is 4. The molecule has 0 radical (unpaired) electrons. The summed E-state index contributed by atoms with van der Waals surface area (Å²) in [4.78, 5) is 12.7. The molecule has 3 heterocycles. The number of nitrogens with two attached hydrogens (primary N) is 1. The average molecular weight is 280 g/mol. The van der Waals surface area contributed by atoms with Crippen LogP contribution in [0.1, 0.15) is 10.7 Å². The number of thiazole rings is 1. The van der Waals surface area contributed by atoms with Crippen molar-refractivity contribution in [3.05, 3.63) is 33.5 Å². The number of nitrogens with zero attached hydrogens (tertiary/aromatic N) is 4. The molecule has 0 saturated heterocycles. The number of fused-ring (bicyclic) bond motifs is 1. The molecule has 0 bridgehead atoms. The van der Waals surface area contributed by atoms with E-state index in [2.05, 4.69) is 15.0 Å². The van der Waals surface area contributed by atoms with Gasteiger partial charge in [0.1, 0.15) is 5.52 Å². The minimum absolute atomic E-state index is 0.422. The predicted molar refractivity (Wildman–Crippen MR) is 72.9 cm³/mol. The number of hydrogen-bond acceptors (Lipinski definition) is 5. The van der Waals surface area contributed by atoms with E-state index in [4.69, 9.17) is 17.3 Å². The van der Waals surface area contributed by atoms with E-state index in [1.807, 2.05) is 16.9 Å². The zero-order chi connectivity index (χ0) is 12.7. The van der Waals surface area contributed by atoms with Gasteiger partial charge in [0.15, 0.2) is 0 Å². The van der Waals surface area contributed by atoms with Crippen LogP contribution in [0.4, 0.5) is 5.95 Å². The lowest BCUT2D eigenvalue weighted by molar-refractivity contribution is 0.813. The molecule has 3 rings (SSSR count). The van der Waals surface area contributed by atoms with Crippen LogP contribution in [-0.4, -0.2) is 19.5 Å². The zero-order valence-electron chi connectivity index (χ0n) is 9.59. The maximum absolute atomic E-state index is 6.15. The van der Waals surface area contributed by atoms with Gasteiger partial charge in [0.2, 0.25) is 5.95 Å². The molecule has 0 amide bonds. The SMILES string of the molecule is Cc1nc(Cn2c(N)nc3cncc(Cl)c32)cs1. The van der Waals surface area contributed by atoms with Gasteiger partial charge >= 0.3 is 0 Å². The molecule has 0 atom stereocenters. The third kappa shape index (κ3) is 1.83. The maximum Gasteiger partial charge on any atom is 0.201 e. The maximum atomic E-state index is 6.15. The average Bonchev–Trinajstić information content (AvgIpc) is 2.85. The van der Waals surface area contributed by atoms with Gasteiger partial charge in [-0.15, -0.1) is 11.3 Å². The molecule has 0 aliphatic carbocycles. The molecule has 0 fully saturated rings. The fraction of sp³-hybridized carbons (Fsp3) is 0.182. The number of hydrogen-bond donors (Lipinski definition) is 1. The molecule has 0 spiro atoms. The Kier molecular flexibility index (Phi) is 2.68. The Morgan fingerprint density at radius 2 is 2.22 bits per heavy atom. The third-order valence-electron chi connectivity index (χ3n) is 2.62. The van der Waals surface area contributed by atoms with Crippen molar-refractivity contribution in [1.29, 1.82) is 0 Å². The third-order valence-corrected chi connectivity index (χ3v) is 3.72. The number of aryl methyl sites for hydroxylation is 1. The minimum Gasteiger partial charge on any atom is -0.369 e. The Balaban J connectivity index is 2.13. The summed E-state index contributed by atoms with van der Waals surface area (Å²) in [5.74, 6) is 0.422. The summed E-state index contributed by atoms with van der Waals surface area (Å²) in [6.07, 6.45) is 3.24. The van der Waals surface area contributed by atoms with E-state index in [9.17, 15) is 0 Å². The number of imidazole rings is 1. The van der Waals surface area contributed by atoms with E-state index < -0.39 is 0 Å². The summed E-state index contributed by atoms with van der Waals surface area (Å²) in [6.45, 7) is 2.54. The molecule has 0 aliphatic heterocycles. The molecule has 3 aromatic heterocycles. The Bertz CT molecular complexity index is 717. The highest BCUT2D eigenvalue weighted by atomic mass is 35.5. The Morgan fingerprint density at radius 1 is 1.39 bits per heavy atom. The summed E-state index contributed by atoms with van der Waals surface area (Å²) in [7, 11) is 0. The first-order valence-corrected chi connectivity index (χ1v) is 6.57. The second-order valence-electron chi connectivity index (χ2n) is 3.90. The highest BCUT2D eigenvalue weighted by molar-refractivity contribution is 7.09. The lowest BCUT2D eigenvalue weighted by Crippen LogP contribution is -2.05. The predicted octanol–water partition coefficient (Wildman–Crippen LogP) is 2.48. The molecule has 0 saturated carbocycles. The quantitative estimate of drug-likeness (QED) is 0.782. The van der Waals surface area contributed by atoms with Crippen LogP contribution in [0.15, 0.2) is 17.8 Å². The molecular formula is C11H10ClN5S. The highest BCUT2D eigenvalue weighted by Gasteiger charge is 2.13. The van der Waals surface area contributed by atoms with E-state index in [1.165, 1.54) is 0 Å². The molecule has 3 aromatic rings. The van der Waals surface area contributed by atoms with Crippen LogP contribution in [0.5, 0.6) is 0 Å². The van der Waals surface area contributed by atoms with E-state index in [0.717, 1.165) is 16.2 Å². The van der Waals surface area contributed by atoms with Crippen molar-refractivity contribution in [2.24, 2.45) is 0 Å². The van der Waals surface area contributed by atoms with Crippen LogP contribution in [0, 0.1) is 6.92 Å². The number of nitrogen functional groups attached to an aromatic ring is 1. The Morgan fingerprint density at radius 3 is 2.94 bits per heavy atom.